The average Bonchev–Trinajstić information content (AvgIpc) is 2.25. The Balaban J connectivity index is 2.22. The zero-order valence-electron chi connectivity index (χ0n) is 10.3. The summed E-state index contributed by atoms with van der Waals surface area (Å²) in [5.41, 5.74) is 1.23. The highest BCUT2D eigenvalue weighted by atomic mass is 32.1. The molecule has 0 spiro atoms. The number of halogens is 1. The summed E-state index contributed by atoms with van der Waals surface area (Å²) in [6.45, 7) is 4.05. The molecule has 0 aliphatic carbocycles. The molecule has 0 unspecified atom stereocenters. The van der Waals surface area contributed by atoms with Crippen LogP contribution in [0.1, 0.15) is 19.4 Å². The Hall–Kier alpha value is -1.68. The monoisotopic (exact) mass is 262 g/mol. The summed E-state index contributed by atoms with van der Waals surface area (Å²) in [6, 6.07) is 6.66. The first-order valence-electron chi connectivity index (χ1n) is 5.71. The summed E-state index contributed by atoms with van der Waals surface area (Å²) in [4.78, 5) is 0. The molecule has 0 fully saturated rings. The molecule has 2 N–H and O–H groups in total. The zero-order chi connectivity index (χ0) is 13.2. The van der Waals surface area contributed by atoms with Crippen LogP contribution in [-0.4, -0.2) is 10.7 Å². The summed E-state index contributed by atoms with van der Waals surface area (Å²) in [5.74, 6) is -0.231. The predicted octanol–water partition coefficient (Wildman–Crippen LogP) is 2.98. The molecule has 1 aromatic carbocycles. The highest BCUT2D eigenvalue weighted by molar-refractivity contribution is 7.80. The van der Waals surface area contributed by atoms with Crippen LogP contribution in [-0.2, 0) is 0 Å². The van der Waals surface area contributed by atoms with Crippen LogP contribution in [0.15, 0.2) is 42.1 Å². The van der Waals surface area contributed by atoms with Gasteiger partial charge in [0.05, 0.1) is 5.54 Å². The molecule has 0 aromatic heterocycles. The van der Waals surface area contributed by atoms with Crippen molar-refractivity contribution in [2.24, 2.45) is 0 Å². The van der Waals surface area contributed by atoms with E-state index >= 15 is 0 Å². The van der Waals surface area contributed by atoms with Gasteiger partial charge in [-0.05, 0) is 50.4 Å². The second-order valence-electron chi connectivity index (χ2n) is 4.76. The molecule has 4 heteroatoms. The van der Waals surface area contributed by atoms with E-state index in [4.69, 9.17) is 12.2 Å². The van der Waals surface area contributed by atoms with E-state index in [1.807, 2.05) is 32.1 Å². The van der Waals surface area contributed by atoms with Crippen LogP contribution >= 0.6 is 12.2 Å². The molecule has 1 heterocycles. The smallest absolute Gasteiger partial charge is 0.171 e. The molecule has 0 bridgehead atoms. The maximum absolute atomic E-state index is 13.4. The molecule has 0 amide bonds. The van der Waals surface area contributed by atoms with Gasteiger partial charge < -0.3 is 10.6 Å². The van der Waals surface area contributed by atoms with Gasteiger partial charge in [0.2, 0.25) is 0 Å². The van der Waals surface area contributed by atoms with E-state index in [0.717, 1.165) is 5.70 Å². The topological polar surface area (TPSA) is 24.1 Å². The lowest BCUT2D eigenvalue weighted by atomic mass is 10.0. The van der Waals surface area contributed by atoms with Gasteiger partial charge in [0, 0.05) is 11.3 Å². The lowest BCUT2D eigenvalue weighted by Crippen LogP contribution is -2.51. The molecule has 1 aliphatic rings. The van der Waals surface area contributed by atoms with E-state index in [1.165, 1.54) is 6.07 Å². The van der Waals surface area contributed by atoms with E-state index in [-0.39, 0.29) is 11.4 Å². The van der Waals surface area contributed by atoms with Crippen molar-refractivity contribution in [2.45, 2.75) is 19.4 Å². The number of benzene rings is 1. The van der Waals surface area contributed by atoms with E-state index in [1.54, 1.807) is 18.2 Å². The second kappa shape index (κ2) is 4.90. The van der Waals surface area contributed by atoms with Crippen molar-refractivity contribution in [3.63, 3.8) is 0 Å². The molecule has 18 heavy (non-hydrogen) atoms. The van der Waals surface area contributed by atoms with Gasteiger partial charge in [0.25, 0.3) is 0 Å². The third kappa shape index (κ3) is 3.17. The lowest BCUT2D eigenvalue weighted by Gasteiger charge is -2.30. The van der Waals surface area contributed by atoms with Crippen LogP contribution in [0.25, 0.3) is 6.08 Å². The SMILES string of the molecule is CC1(C)C=C(C=Cc2ccccc2F)NC(=S)N1. The van der Waals surface area contributed by atoms with Crippen molar-refractivity contribution in [1.29, 1.82) is 0 Å². The number of allylic oxidation sites excluding steroid dienone is 1. The maximum atomic E-state index is 13.4. The Morgan fingerprint density at radius 2 is 1.94 bits per heavy atom. The van der Waals surface area contributed by atoms with Crippen LogP contribution in [0.4, 0.5) is 4.39 Å². The minimum absolute atomic E-state index is 0.197. The third-order valence-corrected chi connectivity index (χ3v) is 2.76. The molecule has 0 saturated heterocycles. The summed E-state index contributed by atoms with van der Waals surface area (Å²) in [7, 11) is 0. The number of hydrogen-bond donors (Lipinski definition) is 2. The summed E-state index contributed by atoms with van der Waals surface area (Å²) >= 11 is 5.12. The van der Waals surface area contributed by atoms with Gasteiger partial charge in [-0.25, -0.2) is 4.39 Å². The summed E-state index contributed by atoms with van der Waals surface area (Å²) in [6.07, 6.45) is 5.58. The molecule has 0 saturated carbocycles. The Morgan fingerprint density at radius 3 is 2.61 bits per heavy atom. The molecule has 1 aromatic rings. The van der Waals surface area contributed by atoms with Crippen molar-refractivity contribution in [3.8, 4) is 0 Å². The minimum Gasteiger partial charge on any atom is -0.354 e. The van der Waals surface area contributed by atoms with Crippen LogP contribution in [0.3, 0.4) is 0 Å². The van der Waals surface area contributed by atoms with Gasteiger partial charge in [-0.15, -0.1) is 0 Å². The Bertz CT molecular complexity index is 532. The summed E-state index contributed by atoms with van der Waals surface area (Å²) in [5, 5.41) is 6.74. The molecule has 94 valence electrons. The Morgan fingerprint density at radius 1 is 1.22 bits per heavy atom. The van der Waals surface area contributed by atoms with Gasteiger partial charge in [0.1, 0.15) is 5.82 Å². The van der Waals surface area contributed by atoms with Gasteiger partial charge in [0.15, 0.2) is 5.11 Å². The molecular weight excluding hydrogens is 247 g/mol. The standard InChI is InChI=1S/C14H15FN2S/c1-14(2)9-11(16-13(18)17-14)8-7-10-5-3-4-6-12(10)15/h3-9H,1-2H3,(H2,16,17,18). The molecule has 0 radical (unpaired) electrons. The molecule has 2 rings (SSSR count). The fourth-order valence-corrected chi connectivity index (χ4v) is 2.18. The zero-order valence-corrected chi connectivity index (χ0v) is 11.1. The van der Waals surface area contributed by atoms with E-state index in [2.05, 4.69) is 10.6 Å². The number of rotatable bonds is 2. The fourth-order valence-electron chi connectivity index (χ4n) is 1.80. The first-order valence-corrected chi connectivity index (χ1v) is 6.12. The normalized spacial score (nSPS) is 18.2. The Kier molecular flexibility index (Phi) is 3.48. The van der Waals surface area contributed by atoms with Crippen molar-refractivity contribution >= 4 is 23.4 Å². The molecule has 2 nitrogen and oxygen atoms in total. The van der Waals surface area contributed by atoms with E-state index in [0.29, 0.717) is 10.7 Å². The summed E-state index contributed by atoms with van der Waals surface area (Å²) < 4.78 is 13.4. The number of nitrogens with one attached hydrogen (secondary N) is 2. The predicted molar refractivity (Wildman–Crippen MR) is 76.5 cm³/mol. The quantitative estimate of drug-likeness (QED) is 0.801. The number of thiocarbonyl (C=S) groups is 1. The molecule has 1 aliphatic heterocycles. The maximum Gasteiger partial charge on any atom is 0.171 e. The molecular formula is C14H15FN2S. The fraction of sp³-hybridized carbons (Fsp3) is 0.214. The average molecular weight is 262 g/mol. The van der Waals surface area contributed by atoms with Crippen LogP contribution in [0, 0.1) is 5.82 Å². The van der Waals surface area contributed by atoms with Crippen molar-refractivity contribution < 1.29 is 4.39 Å². The first-order chi connectivity index (χ1) is 8.46. The second-order valence-corrected chi connectivity index (χ2v) is 5.16. The first kappa shape index (κ1) is 12.8. The van der Waals surface area contributed by atoms with Crippen molar-refractivity contribution in [3.05, 3.63) is 53.5 Å². The van der Waals surface area contributed by atoms with E-state index < -0.39 is 0 Å². The highest BCUT2D eigenvalue weighted by Gasteiger charge is 2.20. The van der Waals surface area contributed by atoms with Crippen molar-refractivity contribution in [2.75, 3.05) is 0 Å². The Labute approximate surface area is 112 Å². The highest BCUT2D eigenvalue weighted by Crippen LogP contribution is 2.14. The van der Waals surface area contributed by atoms with Gasteiger partial charge >= 0.3 is 0 Å². The van der Waals surface area contributed by atoms with Crippen LogP contribution in [0.2, 0.25) is 0 Å². The third-order valence-electron chi connectivity index (χ3n) is 2.56. The van der Waals surface area contributed by atoms with Gasteiger partial charge in [-0.2, -0.15) is 0 Å². The lowest BCUT2D eigenvalue weighted by molar-refractivity contribution is 0.555. The molecule has 0 atom stereocenters. The van der Waals surface area contributed by atoms with E-state index in [9.17, 15) is 4.39 Å². The van der Waals surface area contributed by atoms with Gasteiger partial charge in [-0.1, -0.05) is 18.2 Å². The minimum atomic E-state index is -0.231. The van der Waals surface area contributed by atoms with Crippen molar-refractivity contribution in [1.82, 2.24) is 10.6 Å². The van der Waals surface area contributed by atoms with Crippen LogP contribution in [0.5, 0.6) is 0 Å². The largest absolute Gasteiger partial charge is 0.354 e. The van der Waals surface area contributed by atoms with Gasteiger partial charge in [-0.3, -0.25) is 0 Å². The number of hydrogen-bond acceptors (Lipinski definition) is 1. The van der Waals surface area contributed by atoms with Crippen LogP contribution < -0.4 is 10.6 Å².